The first-order valence-electron chi connectivity index (χ1n) is 7.30. The number of amides is 1. The van der Waals surface area contributed by atoms with E-state index in [2.05, 4.69) is 31.4 Å². The quantitative estimate of drug-likeness (QED) is 0.590. The Hall–Kier alpha value is -2.19. The van der Waals surface area contributed by atoms with Crippen LogP contribution in [0.25, 0.3) is 0 Å². The van der Waals surface area contributed by atoms with Crippen LogP contribution in [0.15, 0.2) is 57.1 Å². The van der Waals surface area contributed by atoms with Crippen molar-refractivity contribution < 1.29 is 13.9 Å². The lowest BCUT2D eigenvalue weighted by atomic mass is 10.2. The zero-order valence-corrected chi connectivity index (χ0v) is 15.3. The van der Waals surface area contributed by atoms with Crippen molar-refractivity contribution in [1.82, 2.24) is 5.32 Å². The maximum Gasteiger partial charge on any atom is 0.236 e. The molecule has 1 aliphatic heterocycles. The van der Waals surface area contributed by atoms with Crippen LogP contribution in [-0.4, -0.2) is 23.0 Å². The van der Waals surface area contributed by atoms with Crippen molar-refractivity contribution in [3.63, 3.8) is 0 Å². The van der Waals surface area contributed by atoms with E-state index >= 15 is 0 Å². The predicted molar refractivity (Wildman–Crippen MR) is 101 cm³/mol. The molecule has 1 N–H and O–H groups in total. The van der Waals surface area contributed by atoms with Gasteiger partial charge in [-0.15, -0.1) is 5.10 Å². The molecule has 2 aromatic carbocycles. The van der Waals surface area contributed by atoms with Gasteiger partial charge in [-0.2, -0.15) is 5.10 Å². The van der Waals surface area contributed by atoms with Gasteiger partial charge in [0.2, 0.25) is 5.91 Å². The molecule has 1 saturated heterocycles. The molecule has 1 aliphatic rings. The lowest BCUT2D eigenvalue weighted by Gasteiger charge is -2.08. The summed E-state index contributed by atoms with van der Waals surface area (Å²) in [5, 5.41) is 11.0. The second-order valence-corrected chi connectivity index (χ2v) is 6.90. The highest BCUT2D eigenvalue weighted by atomic mass is 79.9. The molecular weight excluding hydrogens is 409 g/mol. The third-order valence-electron chi connectivity index (χ3n) is 3.22. The van der Waals surface area contributed by atoms with E-state index in [0.717, 1.165) is 15.6 Å². The molecule has 0 atom stereocenters. The van der Waals surface area contributed by atoms with Gasteiger partial charge in [0, 0.05) is 10.0 Å². The molecule has 0 radical (unpaired) electrons. The van der Waals surface area contributed by atoms with Crippen molar-refractivity contribution in [3.8, 4) is 5.75 Å². The number of hydrogen-bond donors (Lipinski definition) is 1. The summed E-state index contributed by atoms with van der Waals surface area (Å²) >= 11 is 4.69. The highest BCUT2D eigenvalue weighted by molar-refractivity contribution is 9.10. The second-order valence-electron chi connectivity index (χ2n) is 5.08. The Kier molecular flexibility index (Phi) is 5.83. The van der Waals surface area contributed by atoms with Gasteiger partial charge in [0.1, 0.15) is 18.2 Å². The van der Waals surface area contributed by atoms with Gasteiger partial charge in [0.15, 0.2) is 5.17 Å². The molecule has 128 valence electrons. The molecular formula is C17H13BrFN3O2S. The van der Waals surface area contributed by atoms with Crippen LogP contribution in [-0.2, 0) is 11.4 Å². The molecule has 3 rings (SSSR count). The molecule has 0 aromatic heterocycles. The molecule has 1 amide bonds. The Balaban J connectivity index is 1.57. The number of benzene rings is 2. The molecule has 1 fully saturated rings. The van der Waals surface area contributed by atoms with E-state index < -0.39 is 0 Å². The third-order valence-corrected chi connectivity index (χ3v) is 4.86. The molecule has 1 heterocycles. The van der Waals surface area contributed by atoms with Gasteiger partial charge >= 0.3 is 0 Å². The summed E-state index contributed by atoms with van der Waals surface area (Å²) in [4.78, 5) is 11.0. The number of halogens is 2. The maximum absolute atomic E-state index is 13.3. The molecule has 0 saturated carbocycles. The number of carbonyl (C=O) groups excluding carboxylic acids is 1. The van der Waals surface area contributed by atoms with Crippen LogP contribution in [0.5, 0.6) is 5.75 Å². The minimum absolute atomic E-state index is 0.0645. The first-order chi connectivity index (χ1) is 12.1. The Bertz CT molecular complexity index is 840. The zero-order valence-electron chi connectivity index (χ0n) is 12.9. The van der Waals surface area contributed by atoms with E-state index in [-0.39, 0.29) is 18.3 Å². The average molecular weight is 422 g/mol. The molecule has 0 aliphatic carbocycles. The summed E-state index contributed by atoms with van der Waals surface area (Å²) in [6, 6.07) is 11.7. The first-order valence-corrected chi connectivity index (χ1v) is 9.08. The van der Waals surface area contributed by atoms with Gasteiger partial charge < -0.3 is 10.1 Å². The Morgan fingerprint density at radius 1 is 1.28 bits per heavy atom. The normalized spacial score (nSPS) is 15.8. The Morgan fingerprint density at radius 2 is 2.08 bits per heavy atom. The minimum atomic E-state index is -0.299. The van der Waals surface area contributed by atoms with Gasteiger partial charge in [-0.25, -0.2) is 4.39 Å². The van der Waals surface area contributed by atoms with Crippen LogP contribution in [0, 0.1) is 5.82 Å². The van der Waals surface area contributed by atoms with Crippen molar-refractivity contribution in [2.45, 2.75) is 6.61 Å². The van der Waals surface area contributed by atoms with Crippen LogP contribution < -0.4 is 10.1 Å². The van der Waals surface area contributed by atoms with Crippen molar-refractivity contribution >= 4 is 45.0 Å². The summed E-state index contributed by atoms with van der Waals surface area (Å²) in [6.45, 7) is 0.260. The van der Waals surface area contributed by atoms with E-state index in [4.69, 9.17) is 4.74 Å². The maximum atomic E-state index is 13.3. The summed E-state index contributed by atoms with van der Waals surface area (Å²) < 4.78 is 19.7. The summed E-state index contributed by atoms with van der Waals surface area (Å²) in [5.74, 6) is 0.678. The number of carbonyl (C=O) groups is 1. The van der Waals surface area contributed by atoms with Crippen molar-refractivity contribution in [1.29, 1.82) is 0 Å². The number of hydrogen-bond acceptors (Lipinski definition) is 5. The number of nitrogens with zero attached hydrogens (tertiary/aromatic N) is 2. The number of amidine groups is 1. The fourth-order valence-corrected chi connectivity index (χ4v) is 2.98. The van der Waals surface area contributed by atoms with Crippen LogP contribution in [0.4, 0.5) is 4.39 Å². The van der Waals surface area contributed by atoms with Gasteiger partial charge in [-0.3, -0.25) is 4.79 Å². The first kappa shape index (κ1) is 17.6. The summed E-state index contributed by atoms with van der Waals surface area (Å²) in [6.07, 6.45) is 1.59. The van der Waals surface area contributed by atoms with Crippen molar-refractivity contribution in [2.75, 3.05) is 5.75 Å². The summed E-state index contributed by atoms with van der Waals surface area (Å²) in [7, 11) is 0. The molecule has 0 bridgehead atoms. The highest BCUT2D eigenvalue weighted by Gasteiger charge is 2.15. The van der Waals surface area contributed by atoms with E-state index in [1.54, 1.807) is 24.4 Å². The van der Waals surface area contributed by atoms with Crippen molar-refractivity contribution in [2.24, 2.45) is 10.2 Å². The second kappa shape index (κ2) is 8.26. The van der Waals surface area contributed by atoms with Gasteiger partial charge in [0.25, 0.3) is 0 Å². The predicted octanol–water partition coefficient (Wildman–Crippen LogP) is 3.72. The number of nitrogens with one attached hydrogen (secondary N) is 1. The number of rotatable bonds is 5. The third kappa shape index (κ3) is 5.14. The van der Waals surface area contributed by atoms with E-state index in [0.29, 0.717) is 16.7 Å². The van der Waals surface area contributed by atoms with Crippen LogP contribution in [0.2, 0.25) is 0 Å². The summed E-state index contributed by atoms with van der Waals surface area (Å²) in [5.41, 5.74) is 1.58. The highest BCUT2D eigenvalue weighted by Crippen LogP contribution is 2.20. The molecule has 8 heteroatoms. The van der Waals surface area contributed by atoms with Gasteiger partial charge in [-0.1, -0.05) is 27.7 Å². The smallest absolute Gasteiger partial charge is 0.236 e. The van der Waals surface area contributed by atoms with E-state index in [1.165, 1.54) is 23.9 Å². The van der Waals surface area contributed by atoms with Gasteiger partial charge in [-0.05, 0) is 48.0 Å². The number of thioether (sulfide) groups is 1. The molecule has 0 spiro atoms. The molecule has 2 aromatic rings. The molecule has 5 nitrogen and oxygen atoms in total. The zero-order chi connectivity index (χ0) is 17.6. The number of ether oxygens (including phenoxy) is 1. The Labute approximate surface area is 156 Å². The van der Waals surface area contributed by atoms with Crippen LogP contribution in [0.1, 0.15) is 11.1 Å². The van der Waals surface area contributed by atoms with Crippen molar-refractivity contribution in [3.05, 3.63) is 63.9 Å². The molecule has 0 unspecified atom stereocenters. The van der Waals surface area contributed by atoms with Crippen LogP contribution >= 0.6 is 27.7 Å². The minimum Gasteiger partial charge on any atom is -0.489 e. The van der Waals surface area contributed by atoms with E-state index in [1.807, 2.05) is 12.1 Å². The standard InChI is InChI=1S/C17H13BrFN3O2S/c18-15-6-3-13(19)7-12(15)9-24-14-4-1-11(2-5-14)8-20-22-17-21-16(23)10-25-17/h1-8H,9-10H2,(H,21,22,23). The van der Waals surface area contributed by atoms with Gasteiger partial charge in [0.05, 0.1) is 12.0 Å². The Morgan fingerprint density at radius 3 is 2.80 bits per heavy atom. The van der Waals surface area contributed by atoms with E-state index in [9.17, 15) is 9.18 Å². The monoisotopic (exact) mass is 421 g/mol. The lowest BCUT2D eigenvalue weighted by molar-refractivity contribution is -0.116. The average Bonchev–Trinajstić information content (AvgIpc) is 3.02. The van der Waals surface area contributed by atoms with Crippen LogP contribution in [0.3, 0.4) is 0 Å². The fourth-order valence-electron chi connectivity index (χ4n) is 1.99. The topological polar surface area (TPSA) is 63.0 Å². The largest absolute Gasteiger partial charge is 0.489 e. The molecule has 25 heavy (non-hydrogen) atoms. The fraction of sp³-hybridized carbons (Fsp3) is 0.118. The SMILES string of the molecule is O=C1CSC(=NN=Cc2ccc(OCc3cc(F)ccc3Br)cc2)N1. The lowest BCUT2D eigenvalue weighted by Crippen LogP contribution is -2.19.